The highest BCUT2D eigenvalue weighted by Crippen LogP contribution is 2.24. The summed E-state index contributed by atoms with van der Waals surface area (Å²) < 4.78 is 24.5. The zero-order chi connectivity index (χ0) is 15.9. The predicted molar refractivity (Wildman–Crippen MR) is 81.1 cm³/mol. The van der Waals surface area contributed by atoms with E-state index in [9.17, 15) is 13.2 Å². The Kier molecular flexibility index (Phi) is 3.90. The average molecular weight is 324 g/mol. The van der Waals surface area contributed by atoms with E-state index in [0.717, 1.165) is 30.5 Å². The second-order valence-corrected chi connectivity index (χ2v) is 7.83. The molecule has 1 aromatic rings. The van der Waals surface area contributed by atoms with Gasteiger partial charge in [-0.1, -0.05) is 0 Å². The lowest BCUT2D eigenvalue weighted by molar-refractivity contribution is 0.0690. The van der Waals surface area contributed by atoms with Crippen LogP contribution in [0, 0.1) is 6.92 Å². The van der Waals surface area contributed by atoms with Crippen LogP contribution < -0.4 is 0 Å². The van der Waals surface area contributed by atoms with Gasteiger partial charge in [0.1, 0.15) is 11.5 Å². The van der Waals surface area contributed by atoms with Crippen molar-refractivity contribution < 1.29 is 13.2 Å². The summed E-state index contributed by atoms with van der Waals surface area (Å²) in [5.41, 5.74) is 2.47. The molecule has 1 aromatic heterocycles. The zero-order valence-corrected chi connectivity index (χ0v) is 13.7. The van der Waals surface area contributed by atoms with E-state index >= 15 is 0 Å². The molecule has 22 heavy (non-hydrogen) atoms. The molecule has 0 bridgehead atoms. The van der Waals surface area contributed by atoms with Gasteiger partial charge in [-0.3, -0.25) is 4.79 Å². The first-order chi connectivity index (χ1) is 10.4. The van der Waals surface area contributed by atoms with Crippen LogP contribution in [0.2, 0.25) is 0 Å². The third kappa shape index (κ3) is 2.85. The largest absolute Gasteiger partial charge is 0.335 e. The van der Waals surface area contributed by atoms with Crippen molar-refractivity contribution in [3.8, 4) is 0 Å². The minimum atomic E-state index is -3.19. The highest BCUT2D eigenvalue weighted by atomic mass is 32.2. The van der Waals surface area contributed by atoms with Crippen LogP contribution in [0.3, 0.4) is 0 Å². The van der Waals surface area contributed by atoms with Gasteiger partial charge in [0, 0.05) is 37.4 Å². The number of amides is 1. The van der Waals surface area contributed by atoms with E-state index in [0.29, 0.717) is 37.7 Å². The Balaban J connectivity index is 1.79. The van der Waals surface area contributed by atoms with Gasteiger partial charge < -0.3 is 4.90 Å². The Morgan fingerprint density at radius 1 is 1.09 bits per heavy atom. The minimum Gasteiger partial charge on any atom is -0.335 e. The molecule has 8 heteroatoms. The molecule has 0 N–H and O–H groups in total. The van der Waals surface area contributed by atoms with Gasteiger partial charge in [0.2, 0.25) is 10.0 Å². The standard InChI is InChI=1S/C14H20N4O3S/c1-10-15-12-5-3-4-11(12)13(16-10)14(19)17-6-8-18(9-7-17)22(2,20)21/h3-9H2,1-2H3. The van der Waals surface area contributed by atoms with Gasteiger partial charge in [-0.05, 0) is 26.2 Å². The number of hydrogen-bond acceptors (Lipinski definition) is 5. The van der Waals surface area contributed by atoms with Crippen molar-refractivity contribution in [3.05, 3.63) is 22.8 Å². The molecular weight excluding hydrogens is 304 g/mol. The van der Waals surface area contributed by atoms with Crippen LogP contribution in [-0.2, 0) is 22.9 Å². The van der Waals surface area contributed by atoms with E-state index in [-0.39, 0.29) is 5.91 Å². The van der Waals surface area contributed by atoms with E-state index in [1.807, 2.05) is 0 Å². The predicted octanol–water partition coefficient (Wildman–Crippen LogP) is -0.00888. The van der Waals surface area contributed by atoms with E-state index < -0.39 is 10.0 Å². The van der Waals surface area contributed by atoms with Crippen molar-refractivity contribution in [2.45, 2.75) is 26.2 Å². The Morgan fingerprint density at radius 2 is 1.77 bits per heavy atom. The van der Waals surface area contributed by atoms with Crippen LogP contribution >= 0.6 is 0 Å². The number of hydrogen-bond donors (Lipinski definition) is 0. The Bertz CT molecular complexity index is 709. The Labute approximate surface area is 130 Å². The highest BCUT2D eigenvalue weighted by molar-refractivity contribution is 7.88. The Hall–Kier alpha value is -1.54. The zero-order valence-electron chi connectivity index (χ0n) is 12.9. The number of carbonyl (C=O) groups excluding carboxylic acids is 1. The molecular formula is C14H20N4O3S. The summed E-state index contributed by atoms with van der Waals surface area (Å²) >= 11 is 0. The summed E-state index contributed by atoms with van der Waals surface area (Å²) in [6.07, 6.45) is 3.96. The van der Waals surface area contributed by atoms with Gasteiger partial charge in [0.15, 0.2) is 0 Å². The SMILES string of the molecule is Cc1nc2c(c(C(=O)N3CCN(S(C)(=O)=O)CC3)n1)CCC2. The molecule has 2 heterocycles. The molecule has 0 unspecified atom stereocenters. The first-order valence-corrected chi connectivity index (χ1v) is 9.32. The van der Waals surface area contributed by atoms with E-state index in [1.54, 1.807) is 11.8 Å². The van der Waals surface area contributed by atoms with E-state index in [2.05, 4.69) is 9.97 Å². The fourth-order valence-electron chi connectivity index (χ4n) is 3.11. The monoisotopic (exact) mass is 324 g/mol. The summed E-state index contributed by atoms with van der Waals surface area (Å²) in [7, 11) is -3.19. The van der Waals surface area contributed by atoms with Crippen molar-refractivity contribution in [1.82, 2.24) is 19.2 Å². The normalized spacial score (nSPS) is 19.3. The second kappa shape index (κ2) is 5.58. The summed E-state index contributed by atoms with van der Waals surface area (Å²) in [5, 5.41) is 0. The molecule has 1 fully saturated rings. The summed E-state index contributed by atoms with van der Waals surface area (Å²) in [6, 6.07) is 0. The summed E-state index contributed by atoms with van der Waals surface area (Å²) in [6.45, 7) is 3.30. The number of sulfonamides is 1. The highest BCUT2D eigenvalue weighted by Gasteiger charge is 2.30. The molecule has 1 saturated heterocycles. The van der Waals surface area contributed by atoms with Gasteiger partial charge in [0.25, 0.3) is 5.91 Å². The number of carbonyl (C=O) groups is 1. The number of piperazine rings is 1. The van der Waals surface area contributed by atoms with Gasteiger partial charge in [0.05, 0.1) is 6.26 Å². The fraction of sp³-hybridized carbons (Fsp3) is 0.643. The van der Waals surface area contributed by atoms with Crippen molar-refractivity contribution in [2.75, 3.05) is 32.4 Å². The number of fused-ring (bicyclic) bond motifs is 1. The third-order valence-electron chi connectivity index (χ3n) is 4.24. The molecule has 3 rings (SSSR count). The lowest BCUT2D eigenvalue weighted by atomic mass is 10.1. The third-order valence-corrected chi connectivity index (χ3v) is 5.55. The molecule has 0 radical (unpaired) electrons. The van der Waals surface area contributed by atoms with Gasteiger partial charge >= 0.3 is 0 Å². The van der Waals surface area contributed by atoms with Gasteiger partial charge in [-0.2, -0.15) is 4.31 Å². The molecule has 120 valence electrons. The van der Waals surface area contributed by atoms with Crippen LogP contribution in [-0.4, -0.2) is 65.9 Å². The number of aromatic nitrogens is 2. The van der Waals surface area contributed by atoms with Crippen molar-refractivity contribution in [1.29, 1.82) is 0 Å². The maximum Gasteiger partial charge on any atom is 0.272 e. The lowest BCUT2D eigenvalue weighted by Crippen LogP contribution is -2.50. The molecule has 1 amide bonds. The smallest absolute Gasteiger partial charge is 0.272 e. The van der Waals surface area contributed by atoms with Crippen molar-refractivity contribution in [2.24, 2.45) is 0 Å². The molecule has 0 spiro atoms. The van der Waals surface area contributed by atoms with Gasteiger partial charge in [-0.25, -0.2) is 18.4 Å². The van der Waals surface area contributed by atoms with Crippen LogP contribution in [0.1, 0.15) is 34.0 Å². The lowest BCUT2D eigenvalue weighted by Gasteiger charge is -2.33. The number of rotatable bonds is 2. The molecule has 0 saturated carbocycles. The van der Waals surface area contributed by atoms with Crippen molar-refractivity contribution in [3.63, 3.8) is 0 Å². The van der Waals surface area contributed by atoms with Crippen LogP contribution in [0.4, 0.5) is 0 Å². The number of aryl methyl sites for hydroxylation is 2. The fourth-order valence-corrected chi connectivity index (χ4v) is 3.93. The van der Waals surface area contributed by atoms with Gasteiger partial charge in [-0.15, -0.1) is 0 Å². The number of nitrogens with zero attached hydrogens (tertiary/aromatic N) is 4. The molecule has 1 aliphatic heterocycles. The average Bonchev–Trinajstić information content (AvgIpc) is 2.93. The van der Waals surface area contributed by atoms with Crippen LogP contribution in [0.5, 0.6) is 0 Å². The minimum absolute atomic E-state index is 0.100. The Morgan fingerprint density at radius 3 is 2.41 bits per heavy atom. The van der Waals surface area contributed by atoms with Crippen molar-refractivity contribution >= 4 is 15.9 Å². The molecule has 1 aliphatic carbocycles. The second-order valence-electron chi connectivity index (χ2n) is 5.85. The molecule has 2 aliphatic rings. The maximum absolute atomic E-state index is 12.7. The molecule has 7 nitrogen and oxygen atoms in total. The first-order valence-electron chi connectivity index (χ1n) is 7.47. The first kappa shape index (κ1) is 15.4. The molecule has 0 atom stereocenters. The molecule has 0 aromatic carbocycles. The van der Waals surface area contributed by atoms with Crippen LogP contribution in [0.15, 0.2) is 0 Å². The van der Waals surface area contributed by atoms with Crippen LogP contribution in [0.25, 0.3) is 0 Å². The summed E-state index contributed by atoms with van der Waals surface area (Å²) in [4.78, 5) is 23.2. The maximum atomic E-state index is 12.7. The summed E-state index contributed by atoms with van der Waals surface area (Å²) in [5.74, 6) is 0.524. The quantitative estimate of drug-likeness (QED) is 0.764. The van der Waals surface area contributed by atoms with E-state index in [1.165, 1.54) is 10.6 Å². The topological polar surface area (TPSA) is 83.5 Å². The van der Waals surface area contributed by atoms with E-state index in [4.69, 9.17) is 0 Å².